The number of benzene rings is 2. The van der Waals surface area contributed by atoms with Crippen LogP contribution in [0.1, 0.15) is 53.6 Å². The highest BCUT2D eigenvalue weighted by molar-refractivity contribution is 7.93. The van der Waals surface area contributed by atoms with Crippen LogP contribution in [0.15, 0.2) is 39.8 Å². The number of hydrogen-bond donors (Lipinski definition) is 1. The molecule has 1 aromatic heterocycles. The topological polar surface area (TPSA) is 114 Å². The van der Waals surface area contributed by atoms with E-state index in [9.17, 15) is 17.6 Å². The van der Waals surface area contributed by atoms with Crippen LogP contribution in [-0.2, 0) is 21.9 Å². The van der Waals surface area contributed by atoms with Gasteiger partial charge in [0.25, 0.3) is 15.9 Å². The van der Waals surface area contributed by atoms with E-state index in [4.69, 9.17) is 14.0 Å². The lowest BCUT2D eigenvalue weighted by atomic mass is 9.79. The number of carbonyl (C=O) groups excluding carboxylic acids is 1. The molecule has 0 unspecified atom stereocenters. The zero-order valence-electron chi connectivity index (χ0n) is 23.4. The summed E-state index contributed by atoms with van der Waals surface area (Å²) in [5, 5.41) is 4.18. The normalized spacial score (nSPS) is 24.4. The smallest absolute Gasteiger partial charge is 0.270 e. The van der Waals surface area contributed by atoms with Gasteiger partial charge in [0.05, 0.1) is 20.8 Å². The molecule has 3 aliphatic carbocycles. The summed E-state index contributed by atoms with van der Waals surface area (Å²) in [6.45, 7) is 2.06. The predicted octanol–water partition coefficient (Wildman–Crippen LogP) is 4.28. The molecular formula is C30H31FN4O6S. The highest BCUT2D eigenvalue weighted by Crippen LogP contribution is 2.59. The molecular weight excluding hydrogens is 563 g/mol. The van der Waals surface area contributed by atoms with Crippen molar-refractivity contribution in [3.05, 3.63) is 47.0 Å². The Hall–Kier alpha value is -3.80. The van der Waals surface area contributed by atoms with Gasteiger partial charge in [-0.1, -0.05) is 11.2 Å². The van der Waals surface area contributed by atoms with Crippen molar-refractivity contribution in [1.82, 2.24) is 10.1 Å². The summed E-state index contributed by atoms with van der Waals surface area (Å²) in [4.78, 5) is 16.8. The van der Waals surface area contributed by atoms with Crippen molar-refractivity contribution in [3.8, 4) is 22.8 Å². The minimum absolute atomic E-state index is 0.0319. The number of alkyl halides is 1. The number of rotatable bonds is 7. The second kappa shape index (κ2) is 8.62. The number of aromatic nitrogens is 1. The number of amides is 1. The summed E-state index contributed by atoms with van der Waals surface area (Å²) in [5.74, 6) is 0.198. The number of ether oxygens (including phenoxy) is 2. The second-order valence-electron chi connectivity index (χ2n) is 12.3. The summed E-state index contributed by atoms with van der Waals surface area (Å²) in [6, 6.07) is 9.06. The average Bonchev–Trinajstić information content (AvgIpc) is 3.28. The van der Waals surface area contributed by atoms with Crippen LogP contribution in [0.2, 0.25) is 0 Å². The summed E-state index contributed by atoms with van der Waals surface area (Å²) in [6.07, 6.45) is 4.47. The fraction of sp³-hybridized carbons (Fsp3) is 0.467. The Kier molecular flexibility index (Phi) is 5.31. The largest absolute Gasteiger partial charge is 0.495 e. The zero-order valence-corrected chi connectivity index (χ0v) is 24.2. The van der Waals surface area contributed by atoms with Gasteiger partial charge in [-0.15, -0.1) is 0 Å². The van der Waals surface area contributed by atoms with Gasteiger partial charge in [-0.3, -0.25) is 9.52 Å². The Morgan fingerprint density at radius 2 is 1.83 bits per heavy atom. The molecule has 2 aromatic carbocycles. The molecule has 42 heavy (non-hydrogen) atoms. The third-order valence-electron chi connectivity index (χ3n) is 9.76. The van der Waals surface area contributed by atoms with E-state index in [2.05, 4.69) is 33.0 Å². The highest BCUT2D eigenvalue weighted by atomic mass is 32.2. The Balaban J connectivity index is 1.14. The van der Waals surface area contributed by atoms with Crippen molar-refractivity contribution in [2.75, 3.05) is 43.5 Å². The lowest BCUT2D eigenvalue weighted by Crippen LogP contribution is -2.37. The summed E-state index contributed by atoms with van der Waals surface area (Å²) >= 11 is 0. The number of hydrogen-bond acceptors (Lipinski definition) is 8. The Bertz CT molecular complexity index is 1730. The van der Waals surface area contributed by atoms with Gasteiger partial charge in [0, 0.05) is 59.8 Å². The number of anilines is 2. The lowest BCUT2D eigenvalue weighted by Gasteiger charge is -2.34. The van der Waals surface area contributed by atoms with Crippen molar-refractivity contribution < 1.29 is 31.6 Å². The Labute approximate surface area is 242 Å². The van der Waals surface area contributed by atoms with Gasteiger partial charge in [-0.2, -0.15) is 0 Å². The van der Waals surface area contributed by atoms with Crippen LogP contribution < -0.4 is 19.1 Å². The van der Waals surface area contributed by atoms with Crippen molar-refractivity contribution in [2.45, 2.75) is 60.5 Å². The van der Waals surface area contributed by atoms with Crippen LogP contribution in [0.3, 0.4) is 0 Å². The third kappa shape index (κ3) is 3.69. The van der Waals surface area contributed by atoms with Crippen LogP contribution in [0, 0.1) is 0 Å². The highest BCUT2D eigenvalue weighted by Gasteiger charge is 2.57. The fourth-order valence-corrected chi connectivity index (χ4v) is 8.50. The Morgan fingerprint density at radius 3 is 2.40 bits per heavy atom. The lowest BCUT2D eigenvalue weighted by molar-refractivity contribution is 0.0732. The van der Waals surface area contributed by atoms with Gasteiger partial charge in [0.15, 0.2) is 16.5 Å². The Morgan fingerprint density at radius 1 is 1.12 bits per heavy atom. The monoisotopic (exact) mass is 594 g/mol. The van der Waals surface area contributed by atoms with Crippen molar-refractivity contribution in [2.24, 2.45) is 0 Å². The third-order valence-corrected chi connectivity index (χ3v) is 11.2. The van der Waals surface area contributed by atoms with E-state index in [-0.39, 0.29) is 51.7 Å². The second-order valence-corrected chi connectivity index (χ2v) is 13.9. The first-order valence-electron chi connectivity index (χ1n) is 14.3. The summed E-state index contributed by atoms with van der Waals surface area (Å²) in [5.41, 5.74) is 2.83. The van der Waals surface area contributed by atoms with Gasteiger partial charge in [-0.05, 0) is 55.5 Å². The molecule has 0 radical (unpaired) electrons. The molecule has 2 saturated carbocycles. The summed E-state index contributed by atoms with van der Waals surface area (Å²) < 4.78 is 61.6. The molecule has 5 fully saturated rings. The molecule has 3 saturated heterocycles. The molecule has 1 amide bonds. The SMILES string of the molecule is COc1cc(C(=O)N2CC3(F)CC2C3)cc(OC)c1S(=O)(=O)Nc1noc2c1CC1(CC1)c1ccc(N3CCC3)cc1-2. The van der Waals surface area contributed by atoms with E-state index in [0.29, 0.717) is 25.0 Å². The van der Waals surface area contributed by atoms with E-state index in [1.807, 2.05) is 0 Å². The number of nitrogens with zero attached hydrogens (tertiary/aromatic N) is 3. The summed E-state index contributed by atoms with van der Waals surface area (Å²) in [7, 11) is -1.65. The molecule has 2 bridgehead atoms. The number of carbonyl (C=O) groups is 1. The fourth-order valence-electron chi connectivity index (χ4n) is 7.17. The van der Waals surface area contributed by atoms with E-state index < -0.39 is 15.7 Å². The van der Waals surface area contributed by atoms with E-state index >= 15 is 0 Å². The molecule has 1 N–H and O–H groups in total. The average molecular weight is 595 g/mol. The molecule has 220 valence electrons. The molecule has 1 spiro atoms. The molecule has 10 nitrogen and oxygen atoms in total. The maximum atomic E-state index is 14.5. The van der Waals surface area contributed by atoms with Crippen LogP contribution >= 0.6 is 0 Å². The zero-order chi connectivity index (χ0) is 29.0. The van der Waals surface area contributed by atoms with Crippen LogP contribution in [0.5, 0.6) is 11.5 Å². The van der Waals surface area contributed by atoms with Crippen LogP contribution in [0.4, 0.5) is 15.9 Å². The number of sulfonamides is 1. The molecule has 3 aliphatic heterocycles. The quantitative estimate of drug-likeness (QED) is 0.431. The van der Waals surface area contributed by atoms with Crippen molar-refractivity contribution in [3.63, 3.8) is 0 Å². The first-order valence-corrected chi connectivity index (χ1v) is 15.8. The van der Waals surface area contributed by atoms with Gasteiger partial charge < -0.3 is 23.8 Å². The number of methoxy groups -OCH3 is 2. The van der Waals surface area contributed by atoms with Gasteiger partial charge in [0.1, 0.15) is 17.2 Å². The molecule has 0 atom stereocenters. The van der Waals surface area contributed by atoms with Gasteiger partial charge in [0.2, 0.25) is 0 Å². The number of fused-ring (bicyclic) bond motifs is 5. The van der Waals surface area contributed by atoms with Gasteiger partial charge in [-0.25, -0.2) is 12.8 Å². The standard InChI is InChI=1S/C30H31FN4O6S/c1-39-23-10-17(28(36)35-16-30(31)13-19(35)14-30)11-24(40-2)26(23)42(37,38)33-27-21-15-29(6-7-29)22-5-4-18(34-8-3-9-34)12-20(22)25(21)41-32-27/h4-5,10-12,19H,3,6-9,13-16H2,1-2H3,(H,32,33). The molecule has 12 heteroatoms. The minimum atomic E-state index is -4.30. The van der Waals surface area contributed by atoms with E-state index in [1.54, 1.807) is 0 Å². The molecule has 4 heterocycles. The molecule has 6 aliphatic rings. The van der Waals surface area contributed by atoms with Crippen LogP contribution in [-0.4, -0.2) is 69.9 Å². The minimum Gasteiger partial charge on any atom is -0.495 e. The maximum Gasteiger partial charge on any atom is 0.270 e. The molecule has 9 rings (SSSR count). The predicted molar refractivity (Wildman–Crippen MR) is 152 cm³/mol. The molecule has 3 aromatic rings. The first kappa shape index (κ1) is 25.9. The van der Waals surface area contributed by atoms with E-state index in [0.717, 1.165) is 42.7 Å². The van der Waals surface area contributed by atoms with E-state index in [1.165, 1.54) is 43.2 Å². The van der Waals surface area contributed by atoms with Gasteiger partial charge >= 0.3 is 0 Å². The maximum absolute atomic E-state index is 14.5. The van der Waals surface area contributed by atoms with Crippen LogP contribution in [0.25, 0.3) is 11.3 Å². The first-order chi connectivity index (χ1) is 20.1. The van der Waals surface area contributed by atoms with Crippen molar-refractivity contribution >= 4 is 27.4 Å². The van der Waals surface area contributed by atoms with Crippen molar-refractivity contribution in [1.29, 1.82) is 0 Å². The number of nitrogens with one attached hydrogen (secondary N) is 1. The number of halogens is 1.